The van der Waals surface area contributed by atoms with Crippen LogP contribution in [0.5, 0.6) is 0 Å². The monoisotopic (exact) mass is 228 g/mol. The molecule has 0 radical (unpaired) electrons. The van der Waals surface area contributed by atoms with E-state index in [4.69, 9.17) is 5.73 Å². The lowest BCUT2D eigenvalue weighted by Gasteiger charge is -2.09. The first-order valence-electron chi connectivity index (χ1n) is 6.44. The van der Waals surface area contributed by atoms with Gasteiger partial charge in [0.15, 0.2) is 0 Å². The molecule has 0 bridgehead atoms. The molecule has 3 N–H and O–H groups in total. The molecule has 0 saturated heterocycles. The van der Waals surface area contributed by atoms with Crippen molar-refractivity contribution >= 4 is 10.9 Å². The van der Waals surface area contributed by atoms with Crippen molar-refractivity contribution in [1.82, 2.24) is 4.98 Å². The third-order valence-electron chi connectivity index (χ3n) is 4.24. The van der Waals surface area contributed by atoms with Gasteiger partial charge in [-0.05, 0) is 62.3 Å². The van der Waals surface area contributed by atoms with Gasteiger partial charge < -0.3 is 10.7 Å². The van der Waals surface area contributed by atoms with Crippen molar-refractivity contribution in [3.05, 3.63) is 35.0 Å². The number of aryl methyl sites for hydroxylation is 3. The summed E-state index contributed by atoms with van der Waals surface area (Å²) in [6.45, 7) is 4.39. The van der Waals surface area contributed by atoms with Crippen molar-refractivity contribution in [2.24, 2.45) is 5.73 Å². The van der Waals surface area contributed by atoms with E-state index in [0.29, 0.717) is 0 Å². The number of benzene rings is 1. The Balaban J connectivity index is 1.96. The number of aromatic amines is 1. The molecule has 0 amide bonds. The van der Waals surface area contributed by atoms with Gasteiger partial charge in [-0.25, -0.2) is 0 Å². The molecule has 0 unspecified atom stereocenters. The molecule has 0 spiro atoms. The highest BCUT2D eigenvalue weighted by Gasteiger charge is 2.37. The van der Waals surface area contributed by atoms with Crippen LogP contribution in [-0.2, 0) is 6.42 Å². The SMILES string of the molecule is Cc1ccc2[nH]cc(CCC3(N)CC3)c2c1C. The number of aromatic nitrogens is 1. The molecular weight excluding hydrogens is 208 g/mol. The van der Waals surface area contributed by atoms with Gasteiger partial charge in [-0.15, -0.1) is 0 Å². The molecule has 0 aliphatic heterocycles. The minimum absolute atomic E-state index is 0.154. The Labute approximate surface area is 102 Å². The molecule has 1 aliphatic carbocycles. The molecule has 1 aromatic heterocycles. The van der Waals surface area contributed by atoms with Crippen molar-refractivity contribution in [1.29, 1.82) is 0 Å². The number of nitrogens with two attached hydrogens (primary N) is 1. The number of rotatable bonds is 3. The van der Waals surface area contributed by atoms with E-state index in [9.17, 15) is 0 Å². The topological polar surface area (TPSA) is 41.8 Å². The van der Waals surface area contributed by atoms with Crippen LogP contribution in [0.4, 0.5) is 0 Å². The van der Waals surface area contributed by atoms with E-state index in [-0.39, 0.29) is 5.54 Å². The zero-order chi connectivity index (χ0) is 12.0. The van der Waals surface area contributed by atoms with Gasteiger partial charge in [0, 0.05) is 22.6 Å². The molecule has 3 rings (SSSR count). The smallest absolute Gasteiger partial charge is 0.0459 e. The van der Waals surface area contributed by atoms with Crippen molar-refractivity contribution < 1.29 is 0 Å². The average molecular weight is 228 g/mol. The largest absolute Gasteiger partial charge is 0.361 e. The fourth-order valence-corrected chi connectivity index (χ4v) is 2.58. The molecule has 1 aliphatic rings. The zero-order valence-corrected chi connectivity index (χ0v) is 10.6. The first-order chi connectivity index (χ1) is 8.09. The quantitative estimate of drug-likeness (QED) is 0.832. The highest BCUT2D eigenvalue weighted by Crippen LogP contribution is 2.37. The minimum Gasteiger partial charge on any atom is -0.361 e. The van der Waals surface area contributed by atoms with Gasteiger partial charge in [0.1, 0.15) is 0 Å². The molecule has 2 heteroatoms. The molecule has 17 heavy (non-hydrogen) atoms. The summed E-state index contributed by atoms with van der Waals surface area (Å²) in [6, 6.07) is 4.36. The molecule has 0 atom stereocenters. The highest BCUT2D eigenvalue weighted by atomic mass is 14.8. The van der Waals surface area contributed by atoms with Gasteiger partial charge >= 0.3 is 0 Å². The number of hydrogen-bond donors (Lipinski definition) is 2. The first-order valence-corrected chi connectivity index (χ1v) is 6.44. The van der Waals surface area contributed by atoms with E-state index in [2.05, 4.69) is 37.2 Å². The zero-order valence-electron chi connectivity index (χ0n) is 10.6. The van der Waals surface area contributed by atoms with Gasteiger partial charge in [-0.2, -0.15) is 0 Å². The third-order valence-corrected chi connectivity index (χ3v) is 4.24. The normalized spacial score (nSPS) is 17.6. The van der Waals surface area contributed by atoms with E-state index in [1.807, 2.05) is 0 Å². The van der Waals surface area contributed by atoms with E-state index in [1.54, 1.807) is 0 Å². The number of fused-ring (bicyclic) bond motifs is 1. The Hall–Kier alpha value is -1.28. The lowest BCUT2D eigenvalue weighted by atomic mass is 9.98. The van der Waals surface area contributed by atoms with Crippen molar-refractivity contribution in [2.45, 2.75) is 45.1 Å². The van der Waals surface area contributed by atoms with Crippen LogP contribution in [0.15, 0.2) is 18.3 Å². The van der Waals surface area contributed by atoms with Crippen LogP contribution in [0.2, 0.25) is 0 Å². The third kappa shape index (κ3) is 1.87. The second-order valence-corrected chi connectivity index (χ2v) is 5.61. The summed E-state index contributed by atoms with van der Waals surface area (Å²) in [5.74, 6) is 0. The Morgan fingerprint density at radius 2 is 2.06 bits per heavy atom. The summed E-state index contributed by atoms with van der Waals surface area (Å²) >= 11 is 0. The van der Waals surface area contributed by atoms with E-state index >= 15 is 0 Å². The van der Waals surface area contributed by atoms with Crippen LogP contribution in [0.25, 0.3) is 10.9 Å². The Bertz CT molecular complexity index is 562. The number of nitrogens with one attached hydrogen (secondary N) is 1. The maximum atomic E-state index is 6.16. The minimum atomic E-state index is 0.154. The summed E-state index contributed by atoms with van der Waals surface area (Å²) in [5, 5.41) is 1.41. The summed E-state index contributed by atoms with van der Waals surface area (Å²) in [6.07, 6.45) is 6.78. The lowest BCUT2D eigenvalue weighted by Crippen LogP contribution is -2.22. The second-order valence-electron chi connectivity index (χ2n) is 5.61. The fraction of sp³-hybridized carbons (Fsp3) is 0.467. The maximum absolute atomic E-state index is 6.16. The van der Waals surface area contributed by atoms with Gasteiger partial charge in [-0.3, -0.25) is 0 Å². The number of H-pyrrole nitrogens is 1. The molecule has 2 aromatic rings. The highest BCUT2D eigenvalue weighted by molar-refractivity contribution is 5.87. The summed E-state index contributed by atoms with van der Waals surface area (Å²) in [7, 11) is 0. The summed E-state index contributed by atoms with van der Waals surface area (Å²) in [4.78, 5) is 3.37. The van der Waals surface area contributed by atoms with Gasteiger partial charge in [0.25, 0.3) is 0 Å². The fourth-order valence-electron chi connectivity index (χ4n) is 2.58. The van der Waals surface area contributed by atoms with Crippen LogP contribution in [0.3, 0.4) is 0 Å². The summed E-state index contributed by atoms with van der Waals surface area (Å²) < 4.78 is 0. The van der Waals surface area contributed by atoms with E-state index in [1.165, 1.54) is 40.4 Å². The average Bonchev–Trinajstić information content (AvgIpc) is 2.90. The maximum Gasteiger partial charge on any atom is 0.0459 e. The van der Waals surface area contributed by atoms with Gasteiger partial charge in [0.2, 0.25) is 0 Å². The lowest BCUT2D eigenvalue weighted by molar-refractivity contribution is 0.610. The standard InChI is InChI=1S/C15H20N2/c1-10-3-4-13-14(11(10)2)12(9-17-13)5-6-15(16)7-8-15/h3-4,9,17H,5-8,16H2,1-2H3. The van der Waals surface area contributed by atoms with Gasteiger partial charge in [-0.1, -0.05) is 6.07 Å². The van der Waals surface area contributed by atoms with Crippen molar-refractivity contribution in [2.75, 3.05) is 0 Å². The molecule has 1 fully saturated rings. The van der Waals surface area contributed by atoms with Crippen molar-refractivity contribution in [3.63, 3.8) is 0 Å². The van der Waals surface area contributed by atoms with Crippen molar-refractivity contribution in [3.8, 4) is 0 Å². The first kappa shape index (κ1) is 10.8. The summed E-state index contributed by atoms with van der Waals surface area (Å²) in [5.41, 5.74) is 11.8. The molecule has 1 saturated carbocycles. The van der Waals surface area contributed by atoms with E-state index < -0.39 is 0 Å². The van der Waals surface area contributed by atoms with Crippen LogP contribution in [-0.4, -0.2) is 10.5 Å². The van der Waals surface area contributed by atoms with Crippen LogP contribution in [0.1, 0.15) is 36.0 Å². The molecule has 90 valence electrons. The van der Waals surface area contributed by atoms with Crippen LogP contribution < -0.4 is 5.73 Å². The van der Waals surface area contributed by atoms with Crippen LogP contribution in [0, 0.1) is 13.8 Å². The molecule has 2 nitrogen and oxygen atoms in total. The molecule has 1 heterocycles. The predicted molar refractivity (Wildman–Crippen MR) is 72.2 cm³/mol. The Morgan fingerprint density at radius 3 is 2.76 bits per heavy atom. The van der Waals surface area contributed by atoms with Crippen LogP contribution >= 0.6 is 0 Å². The molecular formula is C15H20N2. The Kier molecular flexibility index (Phi) is 2.30. The predicted octanol–water partition coefficient (Wildman–Crippen LogP) is 3.21. The van der Waals surface area contributed by atoms with E-state index in [0.717, 1.165) is 12.8 Å². The number of hydrogen-bond acceptors (Lipinski definition) is 1. The molecule has 1 aromatic carbocycles. The Morgan fingerprint density at radius 1 is 1.29 bits per heavy atom. The second kappa shape index (κ2) is 3.61. The van der Waals surface area contributed by atoms with Gasteiger partial charge in [0.05, 0.1) is 0 Å².